The summed E-state index contributed by atoms with van der Waals surface area (Å²) in [5.41, 5.74) is 1.24. The van der Waals surface area contributed by atoms with Gasteiger partial charge in [-0.05, 0) is 11.1 Å². The molecule has 0 saturated carbocycles. The van der Waals surface area contributed by atoms with Crippen LogP contribution in [-0.2, 0) is 14.4 Å². The molecule has 0 N–H and O–H groups in total. The Labute approximate surface area is 133 Å². The van der Waals surface area contributed by atoms with Crippen molar-refractivity contribution in [1.29, 1.82) is 0 Å². The Balaban J connectivity index is 2.11. The highest BCUT2D eigenvalue weighted by Crippen LogP contribution is 2.39. The summed E-state index contributed by atoms with van der Waals surface area (Å²) in [6.45, 7) is 0.410. The van der Waals surface area contributed by atoms with E-state index in [-0.39, 0.29) is 13.2 Å². The molecule has 1 aliphatic heterocycles. The summed E-state index contributed by atoms with van der Waals surface area (Å²) in [5.74, 6) is -0.492. The van der Waals surface area contributed by atoms with E-state index in [0.717, 1.165) is 4.90 Å². The summed E-state index contributed by atoms with van der Waals surface area (Å²) in [5, 5.41) is 0. The minimum atomic E-state index is -1.45. The van der Waals surface area contributed by atoms with E-state index >= 15 is 0 Å². The molecule has 3 rings (SSSR count). The van der Waals surface area contributed by atoms with Gasteiger partial charge in [-0.3, -0.25) is 4.79 Å². The SMILES string of the molecule is O=C1OCCN1C(=O)C(Cl)(c1ccccc1)c1ccccc1. The topological polar surface area (TPSA) is 46.6 Å². The lowest BCUT2D eigenvalue weighted by atomic mass is 9.89. The fourth-order valence-corrected chi connectivity index (χ4v) is 2.87. The van der Waals surface area contributed by atoms with E-state index < -0.39 is 16.9 Å². The van der Waals surface area contributed by atoms with Crippen LogP contribution in [0.2, 0.25) is 0 Å². The quantitative estimate of drug-likeness (QED) is 0.817. The largest absolute Gasteiger partial charge is 0.447 e. The number of ether oxygens (including phenoxy) is 1. The van der Waals surface area contributed by atoms with Crippen molar-refractivity contribution in [2.24, 2.45) is 0 Å². The second-order valence-electron chi connectivity index (χ2n) is 4.96. The minimum Gasteiger partial charge on any atom is -0.447 e. The lowest BCUT2D eigenvalue weighted by molar-refractivity contribution is -0.129. The molecule has 0 aliphatic carbocycles. The van der Waals surface area contributed by atoms with Crippen molar-refractivity contribution in [2.75, 3.05) is 13.2 Å². The van der Waals surface area contributed by atoms with Crippen LogP contribution in [0.3, 0.4) is 0 Å². The van der Waals surface area contributed by atoms with Crippen LogP contribution in [0.1, 0.15) is 11.1 Å². The summed E-state index contributed by atoms with van der Waals surface area (Å²) in [4.78, 5) is 24.3. The Bertz CT molecular complexity index is 648. The molecule has 112 valence electrons. The van der Waals surface area contributed by atoms with Crippen molar-refractivity contribution >= 4 is 23.6 Å². The molecule has 2 amide bonds. The van der Waals surface area contributed by atoms with Gasteiger partial charge in [-0.2, -0.15) is 0 Å². The predicted octanol–water partition coefficient (Wildman–Crippen LogP) is 3.15. The predicted molar refractivity (Wildman–Crippen MR) is 82.6 cm³/mol. The van der Waals surface area contributed by atoms with Crippen molar-refractivity contribution < 1.29 is 14.3 Å². The van der Waals surface area contributed by atoms with Gasteiger partial charge in [0.25, 0.3) is 5.91 Å². The number of amides is 2. The number of benzene rings is 2. The Hall–Kier alpha value is -2.33. The van der Waals surface area contributed by atoms with Crippen molar-refractivity contribution in [1.82, 2.24) is 4.90 Å². The van der Waals surface area contributed by atoms with Crippen molar-refractivity contribution in [2.45, 2.75) is 4.87 Å². The van der Waals surface area contributed by atoms with E-state index in [2.05, 4.69) is 0 Å². The Morgan fingerprint density at radius 2 is 1.50 bits per heavy atom. The van der Waals surface area contributed by atoms with Crippen LogP contribution in [0.4, 0.5) is 4.79 Å². The molecule has 0 radical (unpaired) electrons. The van der Waals surface area contributed by atoms with Gasteiger partial charge in [-0.1, -0.05) is 72.3 Å². The average Bonchev–Trinajstić information content (AvgIpc) is 3.01. The third-order valence-corrected chi connectivity index (χ3v) is 4.24. The molecule has 1 saturated heterocycles. The van der Waals surface area contributed by atoms with Crippen LogP contribution in [0.5, 0.6) is 0 Å². The zero-order valence-corrected chi connectivity index (χ0v) is 12.5. The number of halogens is 1. The summed E-state index contributed by atoms with van der Waals surface area (Å²) < 4.78 is 4.86. The second-order valence-corrected chi connectivity index (χ2v) is 5.53. The first kappa shape index (κ1) is 14.6. The maximum Gasteiger partial charge on any atom is 0.416 e. The van der Waals surface area contributed by atoms with Gasteiger partial charge in [-0.15, -0.1) is 0 Å². The van der Waals surface area contributed by atoms with Crippen LogP contribution in [-0.4, -0.2) is 30.1 Å². The van der Waals surface area contributed by atoms with Crippen LogP contribution >= 0.6 is 11.6 Å². The highest BCUT2D eigenvalue weighted by atomic mass is 35.5. The standard InChI is InChI=1S/C17H14ClNO3/c18-17(13-7-3-1-4-8-13,14-9-5-2-6-10-14)15(20)19-11-12-22-16(19)21/h1-10H,11-12H2. The monoisotopic (exact) mass is 315 g/mol. The van der Waals surface area contributed by atoms with E-state index in [1.165, 1.54) is 0 Å². The minimum absolute atomic E-state index is 0.196. The molecule has 0 bridgehead atoms. The smallest absolute Gasteiger partial charge is 0.416 e. The second kappa shape index (κ2) is 5.81. The van der Waals surface area contributed by atoms with Crippen molar-refractivity contribution in [3.05, 3.63) is 71.8 Å². The summed E-state index contributed by atoms with van der Waals surface area (Å²) in [6.07, 6.45) is -0.651. The van der Waals surface area contributed by atoms with Crippen LogP contribution in [0, 0.1) is 0 Å². The summed E-state index contributed by atoms with van der Waals surface area (Å²) in [7, 11) is 0. The van der Waals surface area contributed by atoms with Gasteiger partial charge in [0.05, 0.1) is 6.54 Å². The number of hydrogen-bond acceptors (Lipinski definition) is 3. The lowest BCUT2D eigenvalue weighted by Crippen LogP contribution is -2.44. The Morgan fingerprint density at radius 3 is 1.91 bits per heavy atom. The Kier molecular flexibility index (Phi) is 3.86. The van der Waals surface area contributed by atoms with Crippen LogP contribution in [0.25, 0.3) is 0 Å². The van der Waals surface area contributed by atoms with Gasteiger partial charge in [0.15, 0.2) is 4.87 Å². The van der Waals surface area contributed by atoms with Gasteiger partial charge in [0.2, 0.25) is 0 Å². The van der Waals surface area contributed by atoms with Gasteiger partial charge < -0.3 is 4.74 Å². The van der Waals surface area contributed by atoms with Crippen molar-refractivity contribution in [3.63, 3.8) is 0 Å². The molecule has 1 heterocycles. The molecule has 0 atom stereocenters. The molecule has 2 aromatic rings. The first-order chi connectivity index (χ1) is 10.6. The highest BCUT2D eigenvalue weighted by molar-refractivity contribution is 6.37. The van der Waals surface area contributed by atoms with Gasteiger partial charge in [-0.25, -0.2) is 9.69 Å². The number of imide groups is 1. The fourth-order valence-electron chi connectivity index (χ4n) is 2.51. The highest BCUT2D eigenvalue weighted by Gasteiger charge is 2.46. The number of cyclic esters (lactones) is 1. The number of hydrogen-bond donors (Lipinski definition) is 0. The van der Waals surface area contributed by atoms with Gasteiger partial charge >= 0.3 is 6.09 Å². The zero-order chi connectivity index (χ0) is 15.6. The van der Waals surface area contributed by atoms with E-state index in [0.29, 0.717) is 11.1 Å². The molecule has 2 aromatic carbocycles. The molecule has 0 aromatic heterocycles. The van der Waals surface area contributed by atoms with E-state index in [4.69, 9.17) is 16.3 Å². The number of alkyl halides is 1. The average molecular weight is 316 g/mol. The molecule has 1 aliphatic rings. The molecule has 0 unspecified atom stereocenters. The third kappa shape index (κ3) is 2.35. The van der Waals surface area contributed by atoms with E-state index in [9.17, 15) is 9.59 Å². The number of carbonyl (C=O) groups is 2. The zero-order valence-electron chi connectivity index (χ0n) is 11.7. The van der Waals surface area contributed by atoms with Crippen LogP contribution < -0.4 is 0 Å². The number of rotatable bonds is 3. The normalized spacial score (nSPS) is 14.8. The molecular formula is C17H14ClNO3. The van der Waals surface area contributed by atoms with Gasteiger partial charge in [0.1, 0.15) is 6.61 Å². The maximum absolute atomic E-state index is 13.0. The lowest BCUT2D eigenvalue weighted by Gasteiger charge is -2.29. The summed E-state index contributed by atoms with van der Waals surface area (Å²) in [6, 6.07) is 18.0. The Morgan fingerprint density at radius 1 is 1.00 bits per heavy atom. The van der Waals surface area contributed by atoms with Crippen molar-refractivity contribution in [3.8, 4) is 0 Å². The molecule has 4 nitrogen and oxygen atoms in total. The van der Waals surface area contributed by atoms with E-state index in [1.54, 1.807) is 24.3 Å². The molecule has 5 heteroatoms. The molecule has 22 heavy (non-hydrogen) atoms. The van der Waals surface area contributed by atoms with Crippen LogP contribution in [0.15, 0.2) is 60.7 Å². The molecule has 0 spiro atoms. The third-order valence-electron chi connectivity index (χ3n) is 3.64. The first-order valence-electron chi connectivity index (χ1n) is 6.92. The summed E-state index contributed by atoms with van der Waals surface area (Å²) >= 11 is 6.79. The maximum atomic E-state index is 13.0. The van der Waals surface area contributed by atoms with Gasteiger partial charge in [0, 0.05) is 0 Å². The fraction of sp³-hybridized carbons (Fsp3) is 0.176. The number of carbonyl (C=O) groups excluding carboxylic acids is 2. The molecular weight excluding hydrogens is 302 g/mol. The first-order valence-corrected chi connectivity index (χ1v) is 7.30. The molecule has 1 fully saturated rings. The number of nitrogens with zero attached hydrogens (tertiary/aromatic N) is 1. The van der Waals surface area contributed by atoms with E-state index in [1.807, 2.05) is 36.4 Å².